The Hall–Kier alpha value is -10.00. The second-order valence-electron chi connectivity index (χ2n) is 20.8. The van der Waals surface area contributed by atoms with E-state index in [4.69, 9.17) is 15.6 Å². The number of carboxylic acids is 5. The van der Waals surface area contributed by atoms with E-state index in [9.17, 15) is 107 Å². The first kappa shape index (κ1) is 77.1. The summed E-state index contributed by atoms with van der Waals surface area (Å²) in [5.74, 6) is -17.8. The molecule has 2 rings (SSSR count). The van der Waals surface area contributed by atoms with E-state index in [1.807, 2.05) is 0 Å². The van der Waals surface area contributed by atoms with Crippen LogP contribution in [0.2, 0.25) is 0 Å². The number of aliphatic carboxylic acids is 5. The van der Waals surface area contributed by atoms with E-state index in [0.29, 0.717) is 24.0 Å². The Balaban J connectivity index is 2.17. The first-order valence-corrected chi connectivity index (χ1v) is 28.5. The third-order valence-corrected chi connectivity index (χ3v) is 13.3. The van der Waals surface area contributed by atoms with Gasteiger partial charge in [-0.25, -0.2) is 0 Å². The zero-order valence-electron chi connectivity index (χ0n) is 49.9. The highest BCUT2D eigenvalue weighted by molar-refractivity contribution is 5.97. The summed E-state index contributed by atoms with van der Waals surface area (Å²) in [6.45, 7) is -0.963. The molecule has 1 aromatic carbocycles. The number of hydrogen-bond donors (Lipinski definition) is 16. The van der Waals surface area contributed by atoms with Gasteiger partial charge in [-0.1, -0.05) is 24.3 Å². The number of carbonyl (C=O) groups excluding carboxylic acids is 13. The maximum atomic E-state index is 14.0. The Labute approximate surface area is 519 Å². The van der Waals surface area contributed by atoms with Gasteiger partial charge in [-0.05, 0) is 64.4 Å². The predicted molar refractivity (Wildman–Crippen MR) is 308 cm³/mol. The topological polar surface area (TPSA) is 567 Å². The van der Waals surface area contributed by atoms with Crippen molar-refractivity contribution in [2.24, 2.45) is 5.73 Å². The highest BCUT2D eigenvalue weighted by Gasteiger charge is 2.35. The van der Waals surface area contributed by atoms with Crippen molar-refractivity contribution in [1.29, 1.82) is 0 Å². The summed E-state index contributed by atoms with van der Waals surface area (Å²) < 4.78 is 5.47. The van der Waals surface area contributed by atoms with Crippen LogP contribution < -0.4 is 58.9 Å². The zero-order chi connectivity index (χ0) is 68.3. The Bertz CT molecular complexity index is 2830. The first-order chi connectivity index (χ1) is 42.8. The van der Waals surface area contributed by atoms with Gasteiger partial charge >= 0.3 is 29.8 Å². The lowest BCUT2D eigenvalue weighted by Gasteiger charge is -2.25. The van der Waals surface area contributed by atoms with E-state index in [1.165, 1.54) is 43.0 Å². The molecule has 502 valence electrons. The zero-order valence-corrected chi connectivity index (χ0v) is 49.9. The lowest BCUT2D eigenvalue weighted by Crippen LogP contribution is -2.55. The molecule has 0 aliphatic carbocycles. The average Bonchev–Trinajstić information content (AvgIpc) is 3.94. The molecule has 0 aromatic heterocycles. The van der Waals surface area contributed by atoms with Crippen LogP contribution in [0.15, 0.2) is 24.3 Å². The number of Topliss-reactive ketones (excluding diaryl/α,β-unsaturated/α-hetero) is 2. The highest BCUT2D eigenvalue weighted by atomic mass is 16.5. The van der Waals surface area contributed by atoms with Crippen LogP contribution in [-0.4, -0.2) is 232 Å². The normalized spacial score (nSPS) is 14.4. The third kappa shape index (κ3) is 32.2. The van der Waals surface area contributed by atoms with Gasteiger partial charge in [0.2, 0.25) is 65.0 Å². The number of rotatable bonds is 44. The molecule has 0 saturated carbocycles. The van der Waals surface area contributed by atoms with E-state index < -0.39 is 228 Å². The molecular weight excluding hydrogens is 1210 g/mol. The fourth-order valence-electron chi connectivity index (χ4n) is 8.54. The monoisotopic (exact) mass is 1290 g/mol. The van der Waals surface area contributed by atoms with Gasteiger partial charge in [0.1, 0.15) is 42.6 Å². The summed E-state index contributed by atoms with van der Waals surface area (Å²) >= 11 is 0. The van der Waals surface area contributed by atoms with E-state index in [2.05, 4.69) is 53.2 Å². The lowest BCUT2D eigenvalue weighted by molar-refractivity contribution is -0.142. The molecule has 1 aliphatic heterocycles. The summed E-state index contributed by atoms with van der Waals surface area (Å²) in [5.41, 5.74) is 6.35. The van der Waals surface area contributed by atoms with Crippen molar-refractivity contribution in [2.75, 3.05) is 52.5 Å². The molecule has 17 N–H and O–H groups in total. The van der Waals surface area contributed by atoms with Gasteiger partial charge in [0, 0.05) is 69.6 Å². The van der Waals surface area contributed by atoms with Crippen LogP contribution in [0.25, 0.3) is 0 Å². The molecule has 36 nitrogen and oxygen atoms in total. The van der Waals surface area contributed by atoms with Crippen LogP contribution in [-0.2, 0) is 92.7 Å². The number of carbonyl (C=O) groups is 18. The molecule has 0 spiro atoms. The summed E-state index contributed by atoms with van der Waals surface area (Å²) in [6.07, 6.45) is -5.77. The van der Waals surface area contributed by atoms with Crippen molar-refractivity contribution >= 4 is 106 Å². The number of nitrogens with zero attached hydrogens (tertiary/aromatic N) is 1. The fraction of sp³-hybridized carbons (Fsp3) is 0.564. The minimum atomic E-state index is -1.71. The summed E-state index contributed by atoms with van der Waals surface area (Å²) in [6, 6.07) is -4.01. The van der Waals surface area contributed by atoms with Crippen molar-refractivity contribution in [1.82, 2.24) is 58.1 Å². The van der Waals surface area contributed by atoms with Crippen molar-refractivity contribution in [3.63, 3.8) is 0 Å². The molecule has 1 saturated heterocycles. The van der Waals surface area contributed by atoms with Crippen LogP contribution in [0, 0.1) is 0 Å². The maximum absolute atomic E-state index is 14.0. The van der Waals surface area contributed by atoms with Crippen molar-refractivity contribution in [3.8, 4) is 0 Å². The Morgan fingerprint density at radius 2 is 0.967 bits per heavy atom. The van der Waals surface area contributed by atoms with Crippen molar-refractivity contribution < 1.29 is 117 Å². The molecule has 11 amide bonds. The SMILES string of the molecule is CC(=O)CNC(=O)[C@@H]1CCCN1C(=O)COCCNC(=O)[C@H](Cc1ccc(C(C)=O)cc1)NC(=O)[C@@H](CCC(=O)O)NC(=O)C[C@@H](CCC(=O)O)NC(=O)CNC(=O)[C@@H](CCC(=O)O)NC(=O)CNC(=O)[C@@H](CCC(=O)O)NC(=O)CNC(=O)[C@H](N)CCC(=O)O. The molecule has 1 fully saturated rings. The van der Waals surface area contributed by atoms with Crippen LogP contribution in [0.4, 0.5) is 0 Å². The molecule has 36 heteroatoms. The number of hydrogen-bond acceptors (Lipinski definition) is 20. The van der Waals surface area contributed by atoms with Crippen LogP contribution in [0.3, 0.4) is 0 Å². The second-order valence-corrected chi connectivity index (χ2v) is 20.8. The van der Waals surface area contributed by atoms with Gasteiger partial charge in [-0.2, -0.15) is 0 Å². The van der Waals surface area contributed by atoms with Gasteiger partial charge in [0.05, 0.1) is 38.8 Å². The highest BCUT2D eigenvalue weighted by Crippen LogP contribution is 2.18. The maximum Gasteiger partial charge on any atom is 0.303 e. The molecule has 0 radical (unpaired) electrons. The lowest BCUT2D eigenvalue weighted by atomic mass is 10.0. The molecular formula is C55H78N12O24. The summed E-state index contributed by atoms with van der Waals surface area (Å²) in [7, 11) is 0. The summed E-state index contributed by atoms with van der Waals surface area (Å²) in [5, 5.41) is 69.2. The smallest absolute Gasteiger partial charge is 0.303 e. The first-order valence-electron chi connectivity index (χ1n) is 28.5. The van der Waals surface area contributed by atoms with Gasteiger partial charge in [0.15, 0.2) is 5.78 Å². The van der Waals surface area contributed by atoms with E-state index in [1.54, 1.807) is 0 Å². The number of likely N-dealkylation sites (tertiary alicyclic amines) is 1. The predicted octanol–water partition coefficient (Wildman–Crippen LogP) is -5.93. The number of amides is 11. The third-order valence-electron chi connectivity index (χ3n) is 13.3. The molecule has 0 bridgehead atoms. The molecule has 1 aromatic rings. The second kappa shape index (κ2) is 40.5. The molecule has 1 aliphatic rings. The number of nitrogens with one attached hydrogen (secondary N) is 10. The van der Waals surface area contributed by atoms with Crippen LogP contribution in [0.1, 0.15) is 113 Å². The van der Waals surface area contributed by atoms with Crippen LogP contribution in [0.5, 0.6) is 0 Å². The number of carboxylic acid groups (broad SMARTS) is 5. The van der Waals surface area contributed by atoms with Gasteiger partial charge in [-0.15, -0.1) is 0 Å². The molecule has 7 atom stereocenters. The minimum absolute atomic E-state index is 0.206. The Morgan fingerprint density at radius 1 is 0.516 bits per heavy atom. The average molecular weight is 1290 g/mol. The number of ketones is 2. The molecule has 91 heavy (non-hydrogen) atoms. The van der Waals surface area contributed by atoms with E-state index in [-0.39, 0.29) is 50.6 Å². The largest absolute Gasteiger partial charge is 0.481 e. The Morgan fingerprint density at radius 3 is 1.46 bits per heavy atom. The summed E-state index contributed by atoms with van der Waals surface area (Å²) in [4.78, 5) is 226. The van der Waals surface area contributed by atoms with E-state index in [0.717, 1.165) is 0 Å². The minimum Gasteiger partial charge on any atom is -0.481 e. The molecule has 1 heterocycles. The van der Waals surface area contributed by atoms with Gasteiger partial charge < -0.3 is 94.1 Å². The van der Waals surface area contributed by atoms with Crippen LogP contribution >= 0.6 is 0 Å². The van der Waals surface area contributed by atoms with Gasteiger partial charge in [0.25, 0.3) is 0 Å². The Kier molecular flexibility index (Phi) is 34.3. The standard InChI is InChI=1S/C55H78N12O24/c1-29(68)24-58-55(90)39-4-3-20-67(39)44(74)28-91-21-19-57-53(88)38(22-31-5-7-32(8-6-31)30(2)69)66-54(89)37(13-18-49(83)84)63-40(70)23-33(9-14-45(75)76)62-41(71)25-60-51(86)35(11-16-47(79)80)65-43(73)27-61-52(87)36(12-17-48(81)82)64-42(72)26-59-50(85)34(56)10-15-46(77)78/h5-8,33-39H,3-4,9-28,56H2,1-2H3,(H,57,88)(H,58,90)(H,59,85)(H,60,86)(H,61,87)(H,62,71)(H,63,70)(H,64,72)(H,65,73)(H,66,89)(H,75,76)(H,77,78)(H,79,80)(H,81,82)(H,83,84)/t33-,34-,35-,36-,37-,38+,39+/m1/s1. The number of ether oxygens (including phenoxy) is 1. The molecule has 0 unspecified atom stereocenters. The number of benzene rings is 1. The fourth-order valence-corrected chi connectivity index (χ4v) is 8.54. The van der Waals surface area contributed by atoms with Crippen molar-refractivity contribution in [3.05, 3.63) is 35.4 Å². The van der Waals surface area contributed by atoms with Gasteiger partial charge in [-0.3, -0.25) is 86.3 Å². The van der Waals surface area contributed by atoms with Crippen molar-refractivity contribution in [2.45, 2.75) is 146 Å². The van der Waals surface area contributed by atoms with E-state index >= 15 is 0 Å². The quantitative estimate of drug-likeness (QED) is 0.0214. The number of nitrogens with two attached hydrogens (primary N) is 1.